The predicted molar refractivity (Wildman–Crippen MR) is 128 cm³/mol. The number of piperidine rings is 1. The van der Waals surface area contributed by atoms with Crippen LogP contribution in [0.1, 0.15) is 25.3 Å². The molecular formula is C26H29F4N3O4. The summed E-state index contributed by atoms with van der Waals surface area (Å²) in [7, 11) is 0. The van der Waals surface area contributed by atoms with E-state index in [1.54, 1.807) is 43.6 Å². The maximum atomic E-state index is 13.2. The number of rotatable bonds is 10. The van der Waals surface area contributed by atoms with E-state index in [1.807, 2.05) is 0 Å². The predicted octanol–water partition coefficient (Wildman–Crippen LogP) is 4.70. The number of aliphatic hydroxyl groups is 2. The van der Waals surface area contributed by atoms with Crippen LogP contribution in [0.2, 0.25) is 0 Å². The summed E-state index contributed by atoms with van der Waals surface area (Å²) in [5, 5.41) is 24.3. The molecule has 0 saturated carbocycles. The Hall–Kier alpha value is -3.15. The van der Waals surface area contributed by atoms with Gasteiger partial charge in [0.1, 0.15) is 11.5 Å². The van der Waals surface area contributed by atoms with E-state index in [0.717, 1.165) is 19.4 Å². The summed E-state index contributed by atoms with van der Waals surface area (Å²) in [5.41, 5.74) is 1.24. The highest BCUT2D eigenvalue weighted by Crippen LogP contribution is 2.32. The van der Waals surface area contributed by atoms with Crippen LogP contribution in [0, 0.1) is 5.92 Å². The maximum Gasteiger partial charge on any atom is 0.387 e. The molecule has 7 nitrogen and oxygen atoms in total. The molecule has 0 spiro atoms. The van der Waals surface area contributed by atoms with Gasteiger partial charge >= 0.3 is 13.2 Å². The second-order valence-corrected chi connectivity index (χ2v) is 9.34. The summed E-state index contributed by atoms with van der Waals surface area (Å²) in [6, 6.07) is 11.0. The third-order valence-corrected chi connectivity index (χ3v) is 6.62. The number of hydrogen-bond acceptors (Lipinski definition) is 6. The van der Waals surface area contributed by atoms with Crippen molar-refractivity contribution in [2.45, 2.75) is 45.1 Å². The Kier molecular flexibility index (Phi) is 8.35. The van der Waals surface area contributed by atoms with Crippen LogP contribution in [-0.4, -0.2) is 63.4 Å². The van der Waals surface area contributed by atoms with Crippen molar-refractivity contribution >= 4 is 0 Å². The van der Waals surface area contributed by atoms with Gasteiger partial charge in [0.05, 0.1) is 24.1 Å². The molecule has 200 valence electrons. The number of aliphatic hydroxyl groups excluding tert-OH is 1. The Labute approximate surface area is 211 Å². The van der Waals surface area contributed by atoms with Gasteiger partial charge in [0.15, 0.2) is 0 Å². The first kappa shape index (κ1) is 26.9. The Morgan fingerprint density at radius 3 is 2.46 bits per heavy atom. The molecule has 1 aliphatic heterocycles. The van der Waals surface area contributed by atoms with Crippen LogP contribution in [0.3, 0.4) is 0 Å². The lowest BCUT2D eigenvalue weighted by atomic mass is 9.83. The molecule has 2 aromatic carbocycles. The molecule has 0 bridgehead atoms. The van der Waals surface area contributed by atoms with E-state index >= 15 is 0 Å². The first-order valence-corrected chi connectivity index (χ1v) is 11.9. The van der Waals surface area contributed by atoms with Crippen molar-refractivity contribution in [1.82, 2.24) is 14.7 Å². The number of halogens is 4. The molecule has 0 radical (unpaired) electrons. The average molecular weight is 524 g/mol. The van der Waals surface area contributed by atoms with Gasteiger partial charge in [0.25, 0.3) is 0 Å². The van der Waals surface area contributed by atoms with Crippen molar-refractivity contribution in [1.29, 1.82) is 0 Å². The molecule has 0 aliphatic carbocycles. The van der Waals surface area contributed by atoms with Crippen LogP contribution < -0.4 is 9.47 Å². The van der Waals surface area contributed by atoms with Crippen molar-refractivity contribution in [3.63, 3.8) is 0 Å². The molecule has 1 aromatic heterocycles. The first-order chi connectivity index (χ1) is 17.6. The fraction of sp³-hybridized carbons (Fsp3) is 0.423. The number of alkyl halides is 4. The molecule has 1 aliphatic rings. The Balaban J connectivity index is 1.52. The monoisotopic (exact) mass is 523 g/mol. The molecule has 2 N–H and O–H groups in total. The highest BCUT2D eigenvalue weighted by atomic mass is 19.3. The van der Waals surface area contributed by atoms with E-state index in [2.05, 4.69) is 14.7 Å². The van der Waals surface area contributed by atoms with Gasteiger partial charge < -0.3 is 19.7 Å². The van der Waals surface area contributed by atoms with E-state index in [-0.39, 0.29) is 24.0 Å². The summed E-state index contributed by atoms with van der Waals surface area (Å²) in [6.07, 6.45) is 4.85. The van der Waals surface area contributed by atoms with Crippen molar-refractivity contribution in [2.24, 2.45) is 5.92 Å². The molecule has 0 unspecified atom stereocenters. The summed E-state index contributed by atoms with van der Waals surface area (Å²) < 4.78 is 62.0. The lowest BCUT2D eigenvalue weighted by molar-refractivity contribution is -0.0702. The van der Waals surface area contributed by atoms with Gasteiger partial charge in [-0.3, -0.25) is 4.90 Å². The molecule has 4 rings (SSSR count). The smallest absolute Gasteiger partial charge is 0.387 e. The van der Waals surface area contributed by atoms with Crippen LogP contribution in [0.4, 0.5) is 17.6 Å². The SMILES string of the molecule is C[C@@](O)(CO)[C@H]1CCCN(Cc2ccc(-c3cnn(-c4ccc(OC(F)F)cc4)c3)cc2OC(F)F)C1. The second-order valence-electron chi connectivity index (χ2n) is 9.34. The molecule has 3 aromatic rings. The van der Waals surface area contributed by atoms with E-state index in [9.17, 15) is 27.8 Å². The van der Waals surface area contributed by atoms with Crippen LogP contribution in [0.15, 0.2) is 54.9 Å². The number of aromatic nitrogens is 2. The fourth-order valence-electron chi connectivity index (χ4n) is 4.54. The molecule has 37 heavy (non-hydrogen) atoms. The van der Waals surface area contributed by atoms with E-state index in [0.29, 0.717) is 35.5 Å². The van der Waals surface area contributed by atoms with Crippen LogP contribution in [-0.2, 0) is 6.54 Å². The van der Waals surface area contributed by atoms with Gasteiger partial charge in [-0.05, 0) is 62.2 Å². The third kappa shape index (κ3) is 6.79. The summed E-state index contributed by atoms with van der Waals surface area (Å²) in [4.78, 5) is 2.06. The van der Waals surface area contributed by atoms with Crippen molar-refractivity contribution in [2.75, 3.05) is 19.7 Å². The van der Waals surface area contributed by atoms with Gasteiger partial charge in [0, 0.05) is 36.3 Å². The fourth-order valence-corrected chi connectivity index (χ4v) is 4.54. The number of nitrogens with zero attached hydrogens (tertiary/aromatic N) is 3. The largest absolute Gasteiger partial charge is 0.435 e. The van der Waals surface area contributed by atoms with E-state index in [1.165, 1.54) is 22.9 Å². The summed E-state index contributed by atoms with van der Waals surface area (Å²) >= 11 is 0. The lowest BCUT2D eigenvalue weighted by Crippen LogP contribution is -2.47. The zero-order chi connectivity index (χ0) is 26.6. The molecule has 0 amide bonds. The van der Waals surface area contributed by atoms with Crippen molar-refractivity contribution in [3.8, 4) is 28.3 Å². The van der Waals surface area contributed by atoms with Crippen molar-refractivity contribution < 1.29 is 37.2 Å². The van der Waals surface area contributed by atoms with Crippen LogP contribution in [0.5, 0.6) is 11.5 Å². The molecule has 11 heteroatoms. The summed E-state index contributed by atoms with van der Waals surface area (Å²) in [6.45, 7) is -3.04. The topological polar surface area (TPSA) is 80.0 Å². The van der Waals surface area contributed by atoms with E-state index in [4.69, 9.17) is 4.74 Å². The normalized spacial score (nSPS) is 18.2. The minimum absolute atomic E-state index is 0.0236. The number of benzene rings is 2. The number of hydrogen-bond donors (Lipinski definition) is 2. The van der Waals surface area contributed by atoms with E-state index < -0.39 is 18.8 Å². The minimum atomic E-state index is -3.00. The Morgan fingerprint density at radius 1 is 1.05 bits per heavy atom. The third-order valence-electron chi connectivity index (χ3n) is 6.62. The first-order valence-electron chi connectivity index (χ1n) is 11.9. The highest BCUT2D eigenvalue weighted by Gasteiger charge is 2.34. The van der Waals surface area contributed by atoms with Gasteiger partial charge in [0.2, 0.25) is 0 Å². The van der Waals surface area contributed by atoms with Gasteiger partial charge in [-0.25, -0.2) is 4.68 Å². The molecule has 1 fully saturated rings. The molecule has 2 heterocycles. The summed E-state index contributed by atoms with van der Waals surface area (Å²) in [5.74, 6) is -0.0628. The lowest BCUT2D eigenvalue weighted by Gasteiger charge is -2.39. The standard InChI is InChI=1S/C26H29F4N3O4/c1-26(35,16-34)20-3-2-10-32(15-20)13-18-5-4-17(11-23(18)37-25(29)30)19-12-31-33(14-19)21-6-8-22(9-7-21)36-24(27)28/h4-9,11-12,14,20,24-25,34-35H,2-3,10,13,15-16H2,1H3/t20-,26+/m0/s1. The minimum Gasteiger partial charge on any atom is -0.435 e. The highest BCUT2D eigenvalue weighted by molar-refractivity contribution is 5.65. The number of likely N-dealkylation sites (tertiary alicyclic amines) is 1. The van der Waals surface area contributed by atoms with Gasteiger partial charge in [-0.1, -0.05) is 12.1 Å². The maximum absolute atomic E-state index is 13.2. The Morgan fingerprint density at radius 2 is 1.78 bits per heavy atom. The zero-order valence-corrected chi connectivity index (χ0v) is 20.2. The molecule has 2 atom stereocenters. The second kappa shape index (κ2) is 11.5. The molecule has 1 saturated heterocycles. The van der Waals surface area contributed by atoms with Crippen molar-refractivity contribution in [3.05, 3.63) is 60.4 Å². The number of ether oxygens (including phenoxy) is 2. The zero-order valence-electron chi connectivity index (χ0n) is 20.2. The quantitative estimate of drug-likeness (QED) is 0.375. The molecular weight excluding hydrogens is 494 g/mol. The van der Waals surface area contributed by atoms with Crippen LogP contribution >= 0.6 is 0 Å². The van der Waals surface area contributed by atoms with Crippen LogP contribution in [0.25, 0.3) is 16.8 Å². The average Bonchev–Trinajstić information content (AvgIpc) is 3.35. The van der Waals surface area contributed by atoms with Gasteiger partial charge in [-0.2, -0.15) is 22.7 Å². The van der Waals surface area contributed by atoms with Gasteiger partial charge in [-0.15, -0.1) is 0 Å². The Bertz CT molecular complexity index is 1170.